The molecular formula is C18H21NO. The molecule has 0 saturated heterocycles. The predicted molar refractivity (Wildman–Crippen MR) is 82.4 cm³/mol. The van der Waals surface area contributed by atoms with Gasteiger partial charge in [0.25, 0.3) is 0 Å². The fraction of sp³-hybridized carbons (Fsp3) is 0.333. The average molecular weight is 267 g/mol. The van der Waals surface area contributed by atoms with Crippen LogP contribution in [0, 0.1) is 6.92 Å². The van der Waals surface area contributed by atoms with Crippen molar-refractivity contribution in [1.82, 2.24) is 4.90 Å². The Labute approximate surface area is 121 Å². The average Bonchev–Trinajstić information content (AvgIpc) is 2.45. The number of fused-ring (bicyclic) bond motifs is 1. The molecular weight excluding hydrogens is 246 g/mol. The van der Waals surface area contributed by atoms with Gasteiger partial charge in [-0.3, -0.25) is 0 Å². The largest absolute Gasteiger partial charge is 0.496 e. The van der Waals surface area contributed by atoms with E-state index in [1.54, 1.807) is 7.11 Å². The Morgan fingerprint density at radius 1 is 1.15 bits per heavy atom. The van der Waals surface area contributed by atoms with Gasteiger partial charge in [-0.05, 0) is 31.2 Å². The van der Waals surface area contributed by atoms with E-state index in [0.29, 0.717) is 5.92 Å². The lowest BCUT2D eigenvalue weighted by atomic mass is 9.83. The second-order valence-electron chi connectivity index (χ2n) is 5.70. The third-order valence-electron chi connectivity index (χ3n) is 4.10. The topological polar surface area (TPSA) is 12.5 Å². The number of hydrogen-bond acceptors (Lipinski definition) is 2. The van der Waals surface area contributed by atoms with Gasteiger partial charge in [-0.25, -0.2) is 0 Å². The van der Waals surface area contributed by atoms with Crippen LogP contribution in [0.1, 0.15) is 28.2 Å². The number of rotatable bonds is 2. The summed E-state index contributed by atoms with van der Waals surface area (Å²) in [7, 11) is 3.95. The molecule has 0 aliphatic carbocycles. The smallest absolute Gasteiger partial charge is 0.123 e. The zero-order valence-corrected chi connectivity index (χ0v) is 12.4. The summed E-state index contributed by atoms with van der Waals surface area (Å²) in [5.41, 5.74) is 5.43. The molecule has 2 aromatic carbocycles. The highest BCUT2D eigenvalue weighted by Crippen LogP contribution is 2.38. The second kappa shape index (κ2) is 5.29. The van der Waals surface area contributed by atoms with E-state index in [1.165, 1.54) is 22.3 Å². The predicted octanol–water partition coefficient (Wildman–Crippen LogP) is 3.58. The van der Waals surface area contributed by atoms with E-state index in [0.717, 1.165) is 18.8 Å². The lowest BCUT2D eigenvalue weighted by Gasteiger charge is -2.33. The Bertz CT molecular complexity index is 621. The number of benzene rings is 2. The van der Waals surface area contributed by atoms with Crippen molar-refractivity contribution in [2.24, 2.45) is 0 Å². The molecule has 0 amide bonds. The molecule has 1 aliphatic heterocycles. The minimum absolute atomic E-state index is 0.389. The molecule has 1 atom stereocenters. The Kier molecular flexibility index (Phi) is 3.49. The number of likely N-dealkylation sites (N-methyl/N-ethyl adjacent to an activating group) is 1. The summed E-state index contributed by atoms with van der Waals surface area (Å²) >= 11 is 0. The first-order chi connectivity index (χ1) is 9.69. The molecule has 1 heterocycles. The molecule has 0 bridgehead atoms. The fourth-order valence-corrected chi connectivity index (χ4v) is 3.22. The zero-order chi connectivity index (χ0) is 14.1. The van der Waals surface area contributed by atoms with Crippen molar-refractivity contribution in [2.75, 3.05) is 20.7 Å². The van der Waals surface area contributed by atoms with Gasteiger partial charge in [0, 0.05) is 24.6 Å². The molecule has 0 radical (unpaired) electrons. The van der Waals surface area contributed by atoms with E-state index in [1.807, 2.05) is 0 Å². The van der Waals surface area contributed by atoms with E-state index in [-0.39, 0.29) is 0 Å². The highest BCUT2D eigenvalue weighted by atomic mass is 16.5. The number of methoxy groups -OCH3 is 1. The normalized spacial score (nSPS) is 18.6. The molecule has 0 N–H and O–H groups in total. The van der Waals surface area contributed by atoms with Crippen LogP contribution in [0.4, 0.5) is 0 Å². The van der Waals surface area contributed by atoms with Crippen LogP contribution in [0.15, 0.2) is 42.5 Å². The standard InChI is InChI=1S/C18H21NO/c1-13-6-4-7-14(10-13)16-12-19(2)11-15-8-5-9-17(20-3)18(15)16/h4-10,16H,11-12H2,1-3H3/t16-/m0/s1. The van der Waals surface area contributed by atoms with Crippen molar-refractivity contribution >= 4 is 0 Å². The maximum absolute atomic E-state index is 5.61. The summed E-state index contributed by atoms with van der Waals surface area (Å²) in [5, 5.41) is 0. The van der Waals surface area contributed by atoms with Crippen LogP contribution < -0.4 is 4.74 Å². The van der Waals surface area contributed by atoms with Crippen molar-refractivity contribution in [2.45, 2.75) is 19.4 Å². The summed E-state index contributed by atoms with van der Waals surface area (Å²) in [6.45, 7) is 4.19. The van der Waals surface area contributed by atoms with E-state index in [9.17, 15) is 0 Å². The van der Waals surface area contributed by atoms with Crippen LogP contribution in [0.2, 0.25) is 0 Å². The minimum Gasteiger partial charge on any atom is -0.496 e. The van der Waals surface area contributed by atoms with Gasteiger partial charge in [0.15, 0.2) is 0 Å². The van der Waals surface area contributed by atoms with E-state index >= 15 is 0 Å². The zero-order valence-electron chi connectivity index (χ0n) is 12.4. The molecule has 104 valence electrons. The first-order valence-electron chi connectivity index (χ1n) is 7.10. The molecule has 2 heteroatoms. The Balaban J connectivity index is 2.14. The van der Waals surface area contributed by atoms with Gasteiger partial charge in [-0.2, -0.15) is 0 Å². The monoisotopic (exact) mass is 267 g/mol. The molecule has 2 nitrogen and oxygen atoms in total. The molecule has 0 saturated carbocycles. The Morgan fingerprint density at radius 2 is 1.95 bits per heavy atom. The van der Waals surface area contributed by atoms with E-state index in [2.05, 4.69) is 61.3 Å². The fourth-order valence-electron chi connectivity index (χ4n) is 3.22. The maximum atomic E-state index is 5.61. The van der Waals surface area contributed by atoms with Gasteiger partial charge < -0.3 is 9.64 Å². The first kappa shape index (κ1) is 13.2. The quantitative estimate of drug-likeness (QED) is 0.824. The highest BCUT2D eigenvalue weighted by molar-refractivity contribution is 5.49. The third-order valence-corrected chi connectivity index (χ3v) is 4.10. The summed E-state index contributed by atoms with van der Waals surface area (Å²) in [4.78, 5) is 2.38. The molecule has 0 fully saturated rings. The third kappa shape index (κ3) is 2.32. The summed E-state index contributed by atoms with van der Waals surface area (Å²) in [5.74, 6) is 1.40. The second-order valence-corrected chi connectivity index (χ2v) is 5.70. The van der Waals surface area contributed by atoms with Crippen LogP contribution >= 0.6 is 0 Å². The van der Waals surface area contributed by atoms with Crippen LogP contribution in [0.5, 0.6) is 5.75 Å². The van der Waals surface area contributed by atoms with Gasteiger partial charge in [0.05, 0.1) is 7.11 Å². The Hall–Kier alpha value is -1.80. The van der Waals surface area contributed by atoms with Crippen LogP contribution in [0.25, 0.3) is 0 Å². The van der Waals surface area contributed by atoms with Crippen molar-refractivity contribution < 1.29 is 4.74 Å². The highest BCUT2D eigenvalue weighted by Gasteiger charge is 2.27. The summed E-state index contributed by atoms with van der Waals surface area (Å²) in [6.07, 6.45) is 0. The maximum Gasteiger partial charge on any atom is 0.123 e. The number of ether oxygens (including phenoxy) is 1. The van der Waals surface area contributed by atoms with Crippen molar-refractivity contribution in [3.05, 3.63) is 64.7 Å². The molecule has 1 aliphatic rings. The van der Waals surface area contributed by atoms with Gasteiger partial charge in [0.1, 0.15) is 5.75 Å². The number of hydrogen-bond donors (Lipinski definition) is 0. The van der Waals surface area contributed by atoms with Crippen molar-refractivity contribution in [3.8, 4) is 5.75 Å². The van der Waals surface area contributed by atoms with Gasteiger partial charge in [0.2, 0.25) is 0 Å². The summed E-state index contributed by atoms with van der Waals surface area (Å²) < 4.78 is 5.61. The molecule has 0 spiro atoms. The van der Waals surface area contributed by atoms with E-state index in [4.69, 9.17) is 4.74 Å². The van der Waals surface area contributed by atoms with Crippen LogP contribution in [-0.4, -0.2) is 25.6 Å². The van der Waals surface area contributed by atoms with Crippen molar-refractivity contribution in [1.29, 1.82) is 0 Å². The van der Waals surface area contributed by atoms with Gasteiger partial charge >= 0.3 is 0 Å². The molecule has 20 heavy (non-hydrogen) atoms. The molecule has 0 unspecified atom stereocenters. The molecule has 0 aromatic heterocycles. The van der Waals surface area contributed by atoms with Crippen LogP contribution in [0.3, 0.4) is 0 Å². The summed E-state index contributed by atoms with van der Waals surface area (Å²) in [6, 6.07) is 15.2. The lowest BCUT2D eigenvalue weighted by molar-refractivity contribution is 0.288. The Morgan fingerprint density at radius 3 is 2.70 bits per heavy atom. The van der Waals surface area contributed by atoms with Crippen molar-refractivity contribution in [3.63, 3.8) is 0 Å². The van der Waals surface area contributed by atoms with Crippen LogP contribution in [-0.2, 0) is 6.54 Å². The lowest BCUT2D eigenvalue weighted by Crippen LogP contribution is -2.31. The number of nitrogens with zero attached hydrogens (tertiary/aromatic N) is 1. The van der Waals surface area contributed by atoms with Gasteiger partial charge in [-0.1, -0.05) is 42.0 Å². The van der Waals surface area contributed by atoms with Gasteiger partial charge in [-0.15, -0.1) is 0 Å². The SMILES string of the molecule is COc1cccc2c1[C@H](c1cccc(C)c1)CN(C)C2. The molecule has 2 aromatic rings. The molecule has 3 rings (SSSR count). The van der Waals surface area contributed by atoms with E-state index < -0.39 is 0 Å². The minimum atomic E-state index is 0.389. The first-order valence-corrected chi connectivity index (χ1v) is 7.10. The number of aryl methyl sites for hydroxylation is 1.